The van der Waals surface area contributed by atoms with E-state index < -0.39 is 58.8 Å². The van der Waals surface area contributed by atoms with Crippen LogP contribution in [0.25, 0.3) is 17.0 Å². The molecule has 0 saturated carbocycles. The Balaban J connectivity index is 1.53. The standard InChI is InChI=1S/C34H28ClF6N5O4/c1-15-6-4-5-7-19(15)27(42)20(17-10-22(36)26(38)23(37)11-17)13-43-28-30-29(25(47)14-49-30)50-33(3,31(28)48)32-44-16(2)45-46(32)24-12-18(35)8-9-21(24)34(39,40)41/h4-13,25,29,31,47-48H,14,42H2,1-3H3/b27-20+,43-13?/t25?,29?,31?,33-/m1/s1. The fourth-order valence-electron chi connectivity index (χ4n) is 5.89. The Morgan fingerprint density at radius 2 is 1.76 bits per heavy atom. The number of aromatic nitrogens is 3. The van der Waals surface area contributed by atoms with Crippen LogP contribution in [0.2, 0.25) is 5.02 Å². The van der Waals surface area contributed by atoms with Crippen LogP contribution in [-0.2, 0) is 21.3 Å². The molecule has 0 aliphatic carbocycles. The van der Waals surface area contributed by atoms with E-state index in [2.05, 4.69) is 15.1 Å². The molecule has 16 heteroatoms. The lowest BCUT2D eigenvalue weighted by molar-refractivity contribution is -0.169. The summed E-state index contributed by atoms with van der Waals surface area (Å²) in [5.41, 5.74) is 3.39. The number of ether oxygens (including phenoxy) is 2. The van der Waals surface area contributed by atoms with E-state index in [0.29, 0.717) is 11.1 Å². The summed E-state index contributed by atoms with van der Waals surface area (Å²) >= 11 is 6.10. The van der Waals surface area contributed by atoms with Crippen molar-refractivity contribution in [2.75, 3.05) is 6.61 Å². The lowest BCUT2D eigenvalue weighted by Gasteiger charge is -2.40. The van der Waals surface area contributed by atoms with Gasteiger partial charge in [0.25, 0.3) is 0 Å². The molecule has 0 amide bonds. The zero-order chi connectivity index (χ0) is 36.3. The zero-order valence-corrected chi connectivity index (χ0v) is 27.2. The Kier molecular flexibility index (Phi) is 9.05. The fourth-order valence-corrected chi connectivity index (χ4v) is 6.06. The van der Waals surface area contributed by atoms with Crippen LogP contribution in [0.4, 0.5) is 26.3 Å². The number of rotatable bonds is 6. The largest absolute Gasteiger partial charge is 0.490 e. The van der Waals surface area contributed by atoms with Crippen LogP contribution in [0, 0.1) is 31.3 Å². The van der Waals surface area contributed by atoms with Crippen LogP contribution in [0.3, 0.4) is 0 Å². The average molecular weight is 720 g/mol. The SMILES string of the molecule is Cc1nc([C@]2(C)OC3C(=C(N=C/C(=C(\N)c4ccccc4C)c4cc(F)c(F)c(F)c4)C2O)OCC3O)n(-c2cc(Cl)ccc2C(F)(F)F)n1. The molecule has 1 aromatic heterocycles. The Bertz CT molecular complexity index is 2080. The van der Waals surface area contributed by atoms with Gasteiger partial charge in [0.2, 0.25) is 0 Å². The van der Waals surface area contributed by atoms with Crippen LogP contribution in [0.15, 0.2) is 71.0 Å². The molecule has 3 unspecified atom stereocenters. The summed E-state index contributed by atoms with van der Waals surface area (Å²) in [4.78, 5) is 8.75. The number of aryl methyl sites for hydroxylation is 2. The van der Waals surface area contributed by atoms with Crippen molar-refractivity contribution in [3.63, 3.8) is 0 Å². The van der Waals surface area contributed by atoms with E-state index in [1.165, 1.54) is 13.8 Å². The molecule has 4 atom stereocenters. The van der Waals surface area contributed by atoms with Crippen molar-refractivity contribution in [2.45, 2.75) is 50.9 Å². The number of allylic oxidation sites excluding steroid dienone is 1. The molecule has 0 bridgehead atoms. The highest BCUT2D eigenvalue weighted by molar-refractivity contribution is 6.30. The number of alkyl halides is 3. The summed E-state index contributed by atoms with van der Waals surface area (Å²) in [6.07, 6.45) is -8.26. The van der Waals surface area contributed by atoms with Gasteiger partial charge in [-0.15, -0.1) is 0 Å². The minimum atomic E-state index is -4.85. The molecule has 2 aliphatic rings. The van der Waals surface area contributed by atoms with Crippen molar-refractivity contribution in [1.82, 2.24) is 14.8 Å². The lowest BCUT2D eigenvalue weighted by Crippen LogP contribution is -2.51. The highest BCUT2D eigenvalue weighted by Crippen LogP contribution is 2.45. The molecule has 4 aromatic rings. The Morgan fingerprint density at radius 1 is 1.08 bits per heavy atom. The number of hydrogen-bond acceptors (Lipinski definition) is 8. The maximum Gasteiger partial charge on any atom is 0.418 e. The van der Waals surface area contributed by atoms with E-state index in [0.717, 1.165) is 41.2 Å². The second kappa shape index (κ2) is 12.9. The number of nitrogens with zero attached hydrogens (tertiary/aromatic N) is 4. The van der Waals surface area contributed by atoms with E-state index in [1.54, 1.807) is 31.2 Å². The monoisotopic (exact) mass is 719 g/mol. The molecule has 2 aliphatic heterocycles. The van der Waals surface area contributed by atoms with Crippen LogP contribution in [0.1, 0.15) is 40.8 Å². The summed E-state index contributed by atoms with van der Waals surface area (Å²) in [7, 11) is 0. The predicted octanol–water partition coefficient (Wildman–Crippen LogP) is 6.15. The molecule has 0 spiro atoms. The molecule has 50 heavy (non-hydrogen) atoms. The second-order valence-corrected chi connectivity index (χ2v) is 12.3. The van der Waals surface area contributed by atoms with Gasteiger partial charge in [-0.3, -0.25) is 4.99 Å². The summed E-state index contributed by atoms with van der Waals surface area (Å²) < 4.78 is 98.1. The third kappa shape index (κ3) is 6.14. The molecule has 3 heterocycles. The van der Waals surface area contributed by atoms with Gasteiger partial charge in [-0.05, 0) is 62.2 Å². The highest BCUT2D eigenvalue weighted by atomic mass is 35.5. The van der Waals surface area contributed by atoms with Crippen LogP contribution >= 0.6 is 11.6 Å². The molecule has 1 saturated heterocycles. The maximum absolute atomic E-state index is 14.5. The van der Waals surface area contributed by atoms with Gasteiger partial charge in [-0.1, -0.05) is 35.9 Å². The normalized spacial score (nSPS) is 22.9. The van der Waals surface area contributed by atoms with E-state index in [4.69, 9.17) is 26.8 Å². The molecular weight excluding hydrogens is 692 g/mol. The molecule has 6 rings (SSSR count). The minimum Gasteiger partial charge on any atom is -0.490 e. The van der Waals surface area contributed by atoms with Crippen LogP contribution in [0.5, 0.6) is 0 Å². The molecule has 4 N–H and O–H groups in total. The number of benzene rings is 3. The van der Waals surface area contributed by atoms with Gasteiger partial charge >= 0.3 is 6.18 Å². The quantitative estimate of drug-likeness (QED) is 0.0945. The number of aliphatic imine (C=N–C) groups is 1. The summed E-state index contributed by atoms with van der Waals surface area (Å²) in [5, 5.41) is 26.9. The third-order valence-electron chi connectivity index (χ3n) is 8.43. The van der Waals surface area contributed by atoms with Crippen molar-refractivity contribution in [3.8, 4) is 5.69 Å². The van der Waals surface area contributed by atoms with Crippen molar-refractivity contribution in [3.05, 3.63) is 122 Å². The van der Waals surface area contributed by atoms with E-state index in [1.807, 2.05) is 0 Å². The number of aliphatic hydroxyl groups is 2. The van der Waals surface area contributed by atoms with Crippen LogP contribution < -0.4 is 5.73 Å². The first-order valence-electron chi connectivity index (χ1n) is 15.0. The summed E-state index contributed by atoms with van der Waals surface area (Å²) in [6.45, 7) is 4.16. The first-order chi connectivity index (χ1) is 23.5. The number of aliphatic hydroxyl groups excluding tert-OH is 2. The zero-order valence-electron chi connectivity index (χ0n) is 26.4. The van der Waals surface area contributed by atoms with Crippen molar-refractivity contribution in [1.29, 1.82) is 0 Å². The topological polar surface area (TPSA) is 128 Å². The molecule has 9 nitrogen and oxygen atoms in total. The summed E-state index contributed by atoms with van der Waals surface area (Å²) in [6, 6.07) is 11.1. The fraction of sp³-hybridized carbons (Fsp3) is 0.265. The second-order valence-electron chi connectivity index (χ2n) is 11.9. The molecule has 1 fully saturated rings. The smallest absolute Gasteiger partial charge is 0.418 e. The molecule has 0 radical (unpaired) electrons. The number of nitrogens with two attached hydrogens (primary N) is 1. The molecular formula is C34H28ClF6N5O4. The third-order valence-corrected chi connectivity index (χ3v) is 8.66. The van der Waals surface area contributed by atoms with Crippen molar-refractivity contribution < 1.29 is 46.0 Å². The van der Waals surface area contributed by atoms with Crippen molar-refractivity contribution >= 4 is 29.1 Å². The Labute approximate surface area is 285 Å². The van der Waals surface area contributed by atoms with Gasteiger partial charge in [0.15, 0.2) is 34.6 Å². The van der Waals surface area contributed by atoms with Gasteiger partial charge in [0, 0.05) is 28.1 Å². The Hall–Kier alpha value is -4.70. The van der Waals surface area contributed by atoms with E-state index in [9.17, 15) is 36.6 Å². The maximum atomic E-state index is 14.5. The van der Waals surface area contributed by atoms with Gasteiger partial charge in [-0.2, -0.15) is 18.3 Å². The first-order valence-corrected chi connectivity index (χ1v) is 15.4. The number of hydrogen-bond donors (Lipinski definition) is 3. The van der Waals surface area contributed by atoms with Crippen LogP contribution in [-0.4, -0.2) is 56.1 Å². The van der Waals surface area contributed by atoms with Gasteiger partial charge in [0.1, 0.15) is 36.4 Å². The highest BCUT2D eigenvalue weighted by Gasteiger charge is 2.55. The molecule has 3 aromatic carbocycles. The molecule has 262 valence electrons. The first kappa shape index (κ1) is 35.1. The summed E-state index contributed by atoms with van der Waals surface area (Å²) in [5.74, 6) is -5.13. The van der Waals surface area contributed by atoms with Gasteiger partial charge in [0.05, 0.1) is 11.3 Å². The van der Waals surface area contributed by atoms with E-state index in [-0.39, 0.29) is 51.6 Å². The van der Waals surface area contributed by atoms with Crippen molar-refractivity contribution in [2.24, 2.45) is 10.7 Å². The van der Waals surface area contributed by atoms with Gasteiger partial charge in [-0.25, -0.2) is 22.8 Å². The minimum absolute atomic E-state index is 0.00441. The number of fused-ring (bicyclic) bond motifs is 1. The predicted molar refractivity (Wildman–Crippen MR) is 170 cm³/mol. The van der Waals surface area contributed by atoms with E-state index >= 15 is 0 Å². The van der Waals surface area contributed by atoms with Gasteiger partial charge < -0.3 is 25.4 Å². The Morgan fingerprint density at radius 3 is 2.42 bits per heavy atom. The lowest BCUT2D eigenvalue weighted by atomic mass is 9.89. The number of halogens is 7. The average Bonchev–Trinajstić information content (AvgIpc) is 3.63.